The highest BCUT2D eigenvalue weighted by Gasteiger charge is 2.33. The lowest BCUT2D eigenvalue weighted by atomic mass is 10.2. The molecular formula is C15H19ClN2O2S. The van der Waals surface area contributed by atoms with Gasteiger partial charge in [-0.2, -0.15) is 0 Å². The first-order chi connectivity index (χ1) is 10.0. The van der Waals surface area contributed by atoms with Crippen molar-refractivity contribution in [2.75, 3.05) is 25.9 Å². The van der Waals surface area contributed by atoms with E-state index in [4.69, 9.17) is 11.6 Å². The number of likely N-dealkylation sites (N-methyl/N-ethyl adjacent to an activating group) is 1. The summed E-state index contributed by atoms with van der Waals surface area (Å²) in [5, 5.41) is 0.615. The van der Waals surface area contributed by atoms with Gasteiger partial charge < -0.3 is 9.80 Å². The van der Waals surface area contributed by atoms with Gasteiger partial charge in [0.1, 0.15) is 5.37 Å². The first-order valence-corrected chi connectivity index (χ1v) is 8.36. The fourth-order valence-corrected chi connectivity index (χ4v) is 3.84. The van der Waals surface area contributed by atoms with Gasteiger partial charge in [0.25, 0.3) is 0 Å². The van der Waals surface area contributed by atoms with Crippen LogP contribution in [-0.2, 0) is 9.59 Å². The Balaban J connectivity index is 2.07. The van der Waals surface area contributed by atoms with Crippen molar-refractivity contribution in [3.05, 3.63) is 34.9 Å². The van der Waals surface area contributed by atoms with E-state index in [9.17, 15) is 9.59 Å². The maximum Gasteiger partial charge on any atom is 0.233 e. The van der Waals surface area contributed by atoms with Gasteiger partial charge in [-0.1, -0.05) is 36.7 Å². The first kappa shape index (κ1) is 16.2. The summed E-state index contributed by atoms with van der Waals surface area (Å²) < 4.78 is 0. The molecule has 0 radical (unpaired) electrons. The smallest absolute Gasteiger partial charge is 0.233 e. The van der Waals surface area contributed by atoms with Crippen LogP contribution in [0.15, 0.2) is 24.3 Å². The number of hydrogen-bond donors (Lipinski definition) is 0. The van der Waals surface area contributed by atoms with Crippen LogP contribution in [0.25, 0.3) is 0 Å². The molecule has 2 rings (SSSR count). The van der Waals surface area contributed by atoms with E-state index in [0.717, 1.165) is 5.56 Å². The predicted octanol–water partition coefficient (Wildman–Crippen LogP) is 2.78. The molecule has 0 N–H and O–H groups in total. The SMILES string of the molecule is CCC(=O)N(C)CCN1C(=O)CS[C@H]1c1ccccc1Cl. The van der Waals surface area contributed by atoms with Crippen molar-refractivity contribution >= 4 is 35.2 Å². The Kier molecular flexibility index (Phi) is 5.53. The number of benzene rings is 1. The molecule has 1 fully saturated rings. The Labute approximate surface area is 134 Å². The normalized spacial score (nSPS) is 18.1. The average Bonchev–Trinajstić information content (AvgIpc) is 2.85. The summed E-state index contributed by atoms with van der Waals surface area (Å²) in [4.78, 5) is 27.2. The molecule has 2 amide bonds. The average molecular weight is 327 g/mol. The van der Waals surface area contributed by atoms with Crippen molar-refractivity contribution in [1.82, 2.24) is 9.80 Å². The molecule has 1 aromatic rings. The summed E-state index contributed by atoms with van der Waals surface area (Å²) in [6.07, 6.45) is 0.479. The highest BCUT2D eigenvalue weighted by Crippen LogP contribution is 2.41. The van der Waals surface area contributed by atoms with Gasteiger partial charge in [-0.05, 0) is 6.07 Å². The lowest BCUT2D eigenvalue weighted by Crippen LogP contribution is -2.38. The van der Waals surface area contributed by atoms with Crippen LogP contribution in [0.4, 0.5) is 0 Å². The highest BCUT2D eigenvalue weighted by atomic mass is 35.5. The third-order valence-electron chi connectivity index (χ3n) is 3.54. The number of hydrogen-bond acceptors (Lipinski definition) is 3. The van der Waals surface area contributed by atoms with Gasteiger partial charge in [0.15, 0.2) is 0 Å². The minimum absolute atomic E-state index is 0.0590. The van der Waals surface area contributed by atoms with Crippen LogP contribution in [0.5, 0.6) is 0 Å². The molecule has 1 aromatic carbocycles. The first-order valence-electron chi connectivity index (χ1n) is 6.94. The molecule has 0 bridgehead atoms. The van der Waals surface area contributed by atoms with Crippen LogP contribution in [0.1, 0.15) is 24.3 Å². The zero-order valence-corrected chi connectivity index (χ0v) is 13.8. The second-order valence-corrected chi connectivity index (χ2v) is 6.42. The molecule has 0 spiro atoms. The summed E-state index contributed by atoms with van der Waals surface area (Å²) in [6.45, 7) is 2.91. The maximum atomic E-state index is 12.1. The van der Waals surface area contributed by atoms with Gasteiger partial charge in [-0.15, -0.1) is 11.8 Å². The Bertz CT molecular complexity index is 538. The number of rotatable bonds is 5. The van der Waals surface area contributed by atoms with Crippen LogP contribution in [0.3, 0.4) is 0 Å². The summed E-state index contributed by atoms with van der Waals surface area (Å²) in [5.41, 5.74) is 0.958. The van der Waals surface area contributed by atoms with Crippen LogP contribution >= 0.6 is 23.4 Å². The Hall–Kier alpha value is -1.20. The largest absolute Gasteiger partial charge is 0.344 e. The minimum atomic E-state index is -0.0590. The molecule has 1 heterocycles. The number of amides is 2. The van der Waals surface area contributed by atoms with Crippen molar-refractivity contribution in [3.8, 4) is 0 Å². The Morgan fingerprint density at radius 2 is 2.19 bits per heavy atom. The zero-order valence-electron chi connectivity index (χ0n) is 12.2. The third-order valence-corrected chi connectivity index (χ3v) is 5.13. The monoisotopic (exact) mass is 326 g/mol. The topological polar surface area (TPSA) is 40.6 Å². The molecule has 0 unspecified atom stereocenters. The van der Waals surface area contributed by atoms with Crippen molar-refractivity contribution in [2.45, 2.75) is 18.7 Å². The van der Waals surface area contributed by atoms with Crippen molar-refractivity contribution in [2.24, 2.45) is 0 Å². The zero-order chi connectivity index (χ0) is 15.4. The summed E-state index contributed by atoms with van der Waals surface area (Å²) in [7, 11) is 1.77. The molecule has 1 saturated heterocycles. The third kappa shape index (κ3) is 3.71. The van der Waals surface area contributed by atoms with E-state index in [1.165, 1.54) is 0 Å². The van der Waals surface area contributed by atoms with Crippen LogP contribution in [0.2, 0.25) is 5.02 Å². The Morgan fingerprint density at radius 3 is 2.86 bits per heavy atom. The van der Waals surface area contributed by atoms with E-state index < -0.39 is 0 Å². The van der Waals surface area contributed by atoms with E-state index in [1.54, 1.807) is 23.7 Å². The van der Waals surface area contributed by atoms with Crippen molar-refractivity contribution in [3.63, 3.8) is 0 Å². The highest BCUT2D eigenvalue weighted by molar-refractivity contribution is 8.00. The van der Waals surface area contributed by atoms with E-state index in [0.29, 0.717) is 30.3 Å². The molecule has 21 heavy (non-hydrogen) atoms. The lowest BCUT2D eigenvalue weighted by molar-refractivity contribution is -0.132. The molecular weight excluding hydrogens is 308 g/mol. The van der Waals surface area contributed by atoms with E-state index >= 15 is 0 Å². The summed E-state index contributed by atoms with van der Waals surface area (Å²) in [6, 6.07) is 7.60. The van der Waals surface area contributed by atoms with E-state index in [2.05, 4.69) is 0 Å². The summed E-state index contributed by atoms with van der Waals surface area (Å²) in [5.74, 6) is 0.646. The second kappa shape index (κ2) is 7.18. The molecule has 1 aliphatic heterocycles. The summed E-state index contributed by atoms with van der Waals surface area (Å²) >= 11 is 7.82. The standard InChI is InChI=1S/C15H19ClN2O2S/c1-3-13(19)17(2)8-9-18-14(20)10-21-15(18)11-6-4-5-7-12(11)16/h4-7,15H,3,8-10H2,1-2H3/t15-/m0/s1. The molecule has 0 saturated carbocycles. The lowest BCUT2D eigenvalue weighted by Gasteiger charge is -2.27. The van der Waals surface area contributed by atoms with E-state index in [-0.39, 0.29) is 17.2 Å². The van der Waals surface area contributed by atoms with Gasteiger partial charge in [-0.25, -0.2) is 0 Å². The van der Waals surface area contributed by atoms with Gasteiger partial charge in [0.05, 0.1) is 5.75 Å². The number of halogens is 1. The maximum absolute atomic E-state index is 12.1. The molecule has 4 nitrogen and oxygen atoms in total. The predicted molar refractivity (Wildman–Crippen MR) is 86.3 cm³/mol. The van der Waals surface area contributed by atoms with E-state index in [1.807, 2.05) is 36.1 Å². The number of nitrogens with zero attached hydrogens (tertiary/aromatic N) is 2. The second-order valence-electron chi connectivity index (χ2n) is 4.94. The van der Waals surface area contributed by atoms with Crippen molar-refractivity contribution in [1.29, 1.82) is 0 Å². The number of thioether (sulfide) groups is 1. The quantitative estimate of drug-likeness (QED) is 0.835. The van der Waals surface area contributed by atoms with Crippen LogP contribution in [-0.4, -0.2) is 47.5 Å². The van der Waals surface area contributed by atoms with Crippen LogP contribution in [0, 0.1) is 0 Å². The molecule has 1 atom stereocenters. The molecule has 114 valence electrons. The fourth-order valence-electron chi connectivity index (χ4n) is 2.28. The fraction of sp³-hybridized carbons (Fsp3) is 0.467. The minimum Gasteiger partial charge on any atom is -0.344 e. The number of carbonyl (C=O) groups excluding carboxylic acids is 2. The number of carbonyl (C=O) groups is 2. The molecule has 0 aliphatic carbocycles. The van der Waals surface area contributed by atoms with Gasteiger partial charge in [0.2, 0.25) is 11.8 Å². The molecule has 6 heteroatoms. The van der Waals surface area contributed by atoms with Crippen molar-refractivity contribution < 1.29 is 9.59 Å². The molecule has 0 aromatic heterocycles. The van der Waals surface area contributed by atoms with Crippen LogP contribution < -0.4 is 0 Å². The van der Waals surface area contributed by atoms with Gasteiger partial charge in [-0.3, -0.25) is 9.59 Å². The Morgan fingerprint density at radius 1 is 1.48 bits per heavy atom. The van der Waals surface area contributed by atoms with Gasteiger partial charge in [0, 0.05) is 37.1 Å². The van der Waals surface area contributed by atoms with Gasteiger partial charge >= 0.3 is 0 Å². The molecule has 1 aliphatic rings.